The number of nitrogens with zero attached hydrogens (tertiary/aromatic N) is 3. The first-order valence-corrected chi connectivity index (χ1v) is 5.73. The van der Waals surface area contributed by atoms with E-state index < -0.39 is 5.91 Å². The lowest BCUT2D eigenvalue weighted by atomic mass is 10.3. The van der Waals surface area contributed by atoms with Gasteiger partial charge in [-0.2, -0.15) is 0 Å². The van der Waals surface area contributed by atoms with Crippen LogP contribution in [0.4, 0.5) is 5.69 Å². The number of aryl methyl sites for hydroxylation is 1. The molecule has 5 nitrogen and oxygen atoms in total. The van der Waals surface area contributed by atoms with Crippen LogP contribution in [-0.4, -0.2) is 20.9 Å². The highest BCUT2D eigenvalue weighted by Crippen LogP contribution is 2.20. The van der Waals surface area contributed by atoms with Gasteiger partial charge in [-0.3, -0.25) is 4.79 Å². The van der Waals surface area contributed by atoms with Crippen LogP contribution in [0.1, 0.15) is 16.1 Å². The number of pyridine rings is 1. The molecule has 0 aromatic carbocycles. The van der Waals surface area contributed by atoms with Gasteiger partial charge in [-0.15, -0.1) is 0 Å². The van der Waals surface area contributed by atoms with Gasteiger partial charge in [-0.05, 0) is 18.6 Å². The van der Waals surface area contributed by atoms with Crippen molar-refractivity contribution < 1.29 is 4.79 Å². The van der Waals surface area contributed by atoms with E-state index in [-0.39, 0.29) is 16.0 Å². The second-order valence-electron chi connectivity index (χ2n) is 3.53. The molecule has 7 heteroatoms. The Morgan fingerprint density at radius 2 is 1.94 bits per heavy atom. The van der Waals surface area contributed by atoms with E-state index in [0.717, 1.165) is 5.56 Å². The topological polar surface area (TPSA) is 67.8 Å². The van der Waals surface area contributed by atoms with E-state index in [9.17, 15) is 4.79 Å². The van der Waals surface area contributed by atoms with Crippen LogP contribution in [0.2, 0.25) is 10.3 Å². The zero-order chi connectivity index (χ0) is 13.1. The molecule has 0 saturated heterocycles. The lowest BCUT2D eigenvalue weighted by molar-refractivity contribution is 0.102. The zero-order valence-electron chi connectivity index (χ0n) is 9.32. The average Bonchev–Trinajstić information content (AvgIpc) is 2.34. The van der Waals surface area contributed by atoms with Crippen LogP contribution in [0.5, 0.6) is 0 Å². The standard InChI is InChI=1S/C11H8Cl2N4O/c1-6-2-7(10(13)16-3-6)17-11(18)8-4-15-9(12)5-14-8/h2-5H,1H3,(H,17,18). The van der Waals surface area contributed by atoms with Crippen molar-refractivity contribution in [2.45, 2.75) is 6.92 Å². The van der Waals surface area contributed by atoms with Gasteiger partial charge in [-0.25, -0.2) is 15.0 Å². The van der Waals surface area contributed by atoms with Gasteiger partial charge in [0.2, 0.25) is 0 Å². The molecule has 18 heavy (non-hydrogen) atoms. The summed E-state index contributed by atoms with van der Waals surface area (Å²) in [5.74, 6) is -0.423. The Morgan fingerprint density at radius 1 is 1.17 bits per heavy atom. The minimum atomic E-state index is -0.423. The van der Waals surface area contributed by atoms with Crippen LogP contribution in [0.3, 0.4) is 0 Å². The summed E-state index contributed by atoms with van der Waals surface area (Å²) in [5.41, 5.74) is 1.47. The molecule has 0 saturated carbocycles. The molecule has 0 spiro atoms. The Hall–Kier alpha value is -1.72. The van der Waals surface area contributed by atoms with Gasteiger partial charge in [0.25, 0.3) is 5.91 Å². The molecule has 1 N–H and O–H groups in total. The van der Waals surface area contributed by atoms with Crippen LogP contribution in [-0.2, 0) is 0 Å². The van der Waals surface area contributed by atoms with Crippen molar-refractivity contribution in [3.8, 4) is 0 Å². The van der Waals surface area contributed by atoms with Gasteiger partial charge < -0.3 is 5.32 Å². The first-order valence-electron chi connectivity index (χ1n) is 4.97. The van der Waals surface area contributed by atoms with E-state index in [1.54, 1.807) is 12.3 Å². The lowest BCUT2D eigenvalue weighted by Gasteiger charge is -2.06. The highest BCUT2D eigenvalue weighted by molar-refractivity contribution is 6.32. The van der Waals surface area contributed by atoms with Gasteiger partial charge in [0, 0.05) is 6.20 Å². The Morgan fingerprint density at radius 3 is 2.61 bits per heavy atom. The van der Waals surface area contributed by atoms with E-state index in [4.69, 9.17) is 23.2 Å². The smallest absolute Gasteiger partial charge is 0.275 e. The maximum Gasteiger partial charge on any atom is 0.275 e. The summed E-state index contributed by atoms with van der Waals surface area (Å²) in [6.45, 7) is 1.85. The summed E-state index contributed by atoms with van der Waals surface area (Å²) >= 11 is 11.5. The Balaban J connectivity index is 2.21. The van der Waals surface area contributed by atoms with Gasteiger partial charge in [0.15, 0.2) is 5.15 Å². The second kappa shape index (κ2) is 5.29. The number of amides is 1. The third kappa shape index (κ3) is 2.94. The lowest BCUT2D eigenvalue weighted by Crippen LogP contribution is -2.14. The van der Waals surface area contributed by atoms with Crippen molar-refractivity contribution in [3.63, 3.8) is 0 Å². The van der Waals surface area contributed by atoms with Crippen molar-refractivity contribution in [1.29, 1.82) is 0 Å². The van der Waals surface area contributed by atoms with E-state index in [0.29, 0.717) is 5.69 Å². The Labute approximate surface area is 113 Å². The molecule has 0 unspecified atom stereocenters. The number of nitrogens with one attached hydrogen (secondary N) is 1. The molecule has 0 atom stereocenters. The Bertz CT molecular complexity index is 586. The summed E-state index contributed by atoms with van der Waals surface area (Å²) in [6.07, 6.45) is 4.20. The second-order valence-corrected chi connectivity index (χ2v) is 4.27. The number of rotatable bonds is 2. The fraction of sp³-hybridized carbons (Fsp3) is 0.0909. The molecule has 2 heterocycles. The van der Waals surface area contributed by atoms with E-state index >= 15 is 0 Å². The number of anilines is 1. The number of hydrogen-bond acceptors (Lipinski definition) is 4. The highest BCUT2D eigenvalue weighted by atomic mass is 35.5. The quantitative estimate of drug-likeness (QED) is 0.860. The molecular weight excluding hydrogens is 275 g/mol. The fourth-order valence-corrected chi connectivity index (χ4v) is 1.50. The number of aromatic nitrogens is 3. The van der Waals surface area contributed by atoms with Crippen molar-refractivity contribution in [1.82, 2.24) is 15.0 Å². The normalized spacial score (nSPS) is 10.2. The number of halogens is 2. The fourth-order valence-electron chi connectivity index (χ4n) is 1.26. The number of carbonyl (C=O) groups is 1. The summed E-state index contributed by atoms with van der Waals surface area (Å²) in [7, 11) is 0. The minimum absolute atomic E-state index is 0.150. The summed E-state index contributed by atoms with van der Waals surface area (Å²) in [4.78, 5) is 23.4. The third-order valence-electron chi connectivity index (χ3n) is 2.08. The highest BCUT2D eigenvalue weighted by Gasteiger charge is 2.11. The molecule has 92 valence electrons. The van der Waals surface area contributed by atoms with E-state index in [1.807, 2.05) is 6.92 Å². The van der Waals surface area contributed by atoms with Crippen LogP contribution < -0.4 is 5.32 Å². The summed E-state index contributed by atoms with van der Waals surface area (Å²) in [5, 5.41) is 3.05. The van der Waals surface area contributed by atoms with Crippen LogP contribution >= 0.6 is 23.2 Å². The van der Waals surface area contributed by atoms with Gasteiger partial charge >= 0.3 is 0 Å². The molecule has 0 bridgehead atoms. The predicted molar refractivity (Wildman–Crippen MR) is 69.0 cm³/mol. The SMILES string of the molecule is Cc1cnc(Cl)c(NC(=O)c2cnc(Cl)cn2)c1. The average molecular weight is 283 g/mol. The van der Waals surface area contributed by atoms with Crippen molar-refractivity contribution in [2.75, 3.05) is 5.32 Å². The van der Waals surface area contributed by atoms with Crippen molar-refractivity contribution in [3.05, 3.63) is 46.2 Å². The maximum atomic E-state index is 11.8. The van der Waals surface area contributed by atoms with Crippen molar-refractivity contribution in [2.24, 2.45) is 0 Å². The molecule has 0 radical (unpaired) electrons. The molecule has 0 aliphatic carbocycles. The molecule has 0 aliphatic heterocycles. The molecule has 2 aromatic rings. The Kier molecular flexibility index (Phi) is 3.74. The summed E-state index contributed by atoms with van der Waals surface area (Å²) < 4.78 is 0. The predicted octanol–water partition coefficient (Wildman–Crippen LogP) is 2.74. The van der Waals surface area contributed by atoms with Gasteiger partial charge in [0.05, 0.1) is 18.1 Å². The molecule has 0 aliphatic rings. The van der Waals surface area contributed by atoms with E-state index in [2.05, 4.69) is 20.3 Å². The zero-order valence-corrected chi connectivity index (χ0v) is 10.8. The van der Waals surface area contributed by atoms with Gasteiger partial charge in [0.1, 0.15) is 10.8 Å². The minimum Gasteiger partial charge on any atom is -0.318 e. The van der Waals surface area contributed by atoms with Crippen molar-refractivity contribution >= 4 is 34.8 Å². The largest absolute Gasteiger partial charge is 0.318 e. The van der Waals surface area contributed by atoms with Gasteiger partial charge in [-0.1, -0.05) is 23.2 Å². The maximum absolute atomic E-state index is 11.8. The summed E-state index contributed by atoms with van der Waals surface area (Å²) in [6, 6.07) is 1.72. The molecule has 0 fully saturated rings. The molecular formula is C11H8Cl2N4O. The van der Waals surface area contributed by atoms with Crippen LogP contribution in [0.25, 0.3) is 0 Å². The number of hydrogen-bond donors (Lipinski definition) is 1. The molecule has 2 rings (SSSR count). The van der Waals surface area contributed by atoms with Crippen LogP contribution in [0.15, 0.2) is 24.7 Å². The first-order chi connectivity index (χ1) is 8.56. The molecule has 1 amide bonds. The monoisotopic (exact) mass is 282 g/mol. The van der Waals surface area contributed by atoms with E-state index in [1.165, 1.54) is 12.4 Å². The van der Waals surface area contributed by atoms with Crippen LogP contribution in [0, 0.1) is 6.92 Å². The third-order valence-corrected chi connectivity index (χ3v) is 2.57. The molecule has 2 aromatic heterocycles. The number of carbonyl (C=O) groups excluding carboxylic acids is 1. The first kappa shape index (κ1) is 12.7.